The van der Waals surface area contributed by atoms with Crippen molar-refractivity contribution < 1.29 is 14.5 Å². The minimum Gasteiger partial charge on any atom is -0.534 e. The summed E-state index contributed by atoms with van der Waals surface area (Å²) in [4.78, 5) is 12.7. The highest BCUT2D eigenvalue weighted by molar-refractivity contribution is 6.47. The van der Waals surface area contributed by atoms with Crippen LogP contribution >= 0.6 is 0 Å². The van der Waals surface area contributed by atoms with Gasteiger partial charge in [0.2, 0.25) is 0 Å². The normalized spacial score (nSPS) is 15.7. The third kappa shape index (κ3) is 3.90. The van der Waals surface area contributed by atoms with Gasteiger partial charge >= 0.3 is 7.12 Å². The van der Waals surface area contributed by atoms with Crippen molar-refractivity contribution in [2.45, 2.75) is 32.4 Å². The smallest absolute Gasteiger partial charge is 0.534 e. The van der Waals surface area contributed by atoms with Gasteiger partial charge in [-0.1, -0.05) is 36.9 Å². The number of hydrogen-bond donors (Lipinski definition) is 4. The number of allylic oxidation sites excluding steroid dienone is 1. The van der Waals surface area contributed by atoms with Gasteiger partial charge in [-0.05, 0) is 41.7 Å². The molecule has 3 rings (SSSR count). The summed E-state index contributed by atoms with van der Waals surface area (Å²) in [6.07, 6.45) is 0.461. The van der Waals surface area contributed by atoms with Gasteiger partial charge in [-0.3, -0.25) is 4.79 Å². The number of nitrogens with one attached hydrogen (secondary N) is 1. The van der Waals surface area contributed by atoms with Gasteiger partial charge in [-0.2, -0.15) is 0 Å². The van der Waals surface area contributed by atoms with Crippen LogP contribution in [0.2, 0.25) is 0 Å². The second-order valence-corrected chi connectivity index (χ2v) is 6.77. The van der Waals surface area contributed by atoms with E-state index < -0.39 is 13.1 Å². The van der Waals surface area contributed by atoms with Gasteiger partial charge in [-0.25, -0.2) is 0 Å². The van der Waals surface area contributed by atoms with E-state index in [9.17, 15) is 9.82 Å². The monoisotopic (exact) mass is 365 g/mol. The van der Waals surface area contributed by atoms with Gasteiger partial charge in [0.05, 0.1) is 5.94 Å². The second-order valence-electron chi connectivity index (χ2n) is 6.77. The number of hydrogen-bond acceptors (Lipinski definition) is 5. The maximum absolute atomic E-state index is 12.7. The molecule has 1 aliphatic rings. The summed E-state index contributed by atoms with van der Waals surface area (Å²) in [6.45, 7) is 6.44. The largest absolute Gasteiger partial charge is 0.547 e. The Labute approximate surface area is 159 Å². The molecule has 1 unspecified atom stereocenters. The molecule has 140 valence electrons. The highest BCUT2D eigenvalue weighted by Gasteiger charge is 2.37. The minimum absolute atomic E-state index is 0.227. The summed E-state index contributed by atoms with van der Waals surface area (Å²) in [5.74, 6) is -0.241. The zero-order valence-electron chi connectivity index (χ0n) is 15.4. The molecular weight excluding hydrogens is 341 g/mol. The summed E-state index contributed by atoms with van der Waals surface area (Å²) in [5, 5.41) is 13.3. The average molecular weight is 365 g/mol. The molecular formula is C20H24BN3O3. The maximum atomic E-state index is 12.7. The van der Waals surface area contributed by atoms with E-state index in [1.54, 1.807) is 12.1 Å². The van der Waals surface area contributed by atoms with E-state index in [2.05, 4.69) is 11.9 Å². The Bertz CT molecular complexity index is 885. The van der Waals surface area contributed by atoms with E-state index in [0.29, 0.717) is 29.8 Å². The van der Waals surface area contributed by atoms with Crippen molar-refractivity contribution in [2.75, 3.05) is 0 Å². The van der Waals surface area contributed by atoms with Crippen molar-refractivity contribution in [1.29, 1.82) is 0 Å². The van der Waals surface area contributed by atoms with Crippen molar-refractivity contribution >= 4 is 18.6 Å². The molecule has 1 amide bonds. The maximum Gasteiger partial charge on any atom is 0.547 e. The molecule has 1 atom stereocenters. The van der Waals surface area contributed by atoms with Crippen LogP contribution in [0.5, 0.6) is 5.75 Å². The zero-order chi connectivity index (χ0) is 19.6. The number of fused-ring (bicyclic) bond motifs is 1. The molecule has 6 nitrogen and oxygen atoms in total. The highest BCUT2D eigenvalue weighted by Crippen LogP contribution is 2.33. The number of carbonyl (C=O) groups is 1. The van der Waals surface area contributed by atoms with Crippen molar-refractivity contribution in [2.24, 2.45) is 11.5 Å². The molecule has 0 saturated heterocycles. The molecule has 7 heteroatoms. The molecule has 27 heavy (non-hydrogen) atoms. The van der Waals surface area contributed by atoms with Crippen LogP contribution in [-0.2, 0) is 19.5 Å². The first-order valence-electron chi connectivity index (χ1n) is 8.90. The molecule has 1 aliphatic heterocycles. The van der Waals surface area contributed by atoms with E-state index in [4.69, 9.17) is 16.1 Å². The summed E-state index contributed by atoms with van der Waals surface area (Å²) in [7, 11) is -1.15. The van der Waals surface area contributed by atoms with Gasteiger partial charge in [0, 0.05) is 24.2 Å². The lowest BCUT2D eigenvalue weighted by Gasteiger charge is -2.29. The number of benzene rings is 2. The lowest BCUT2D eigenvalue weighted by Crippen LogP contribution is -2.53. The van der Waals surface area contributed by atoms with Crippen LogP contribution in [-0.4, -0.2) is 24.0 Å². The van der Waals surface area contributed by atoms with E-state index in [1.165, 1.54) is 0 Å². The molecule has 6 N–H and O–H groups in total. The SMILES string of the molecule is C=C(C)c1cccc2c1OB(O)C(NC(=O)c1ccc(CN)cc1CN)C2. The standard InChI is InChI=1S/C20H24BN3O3/c1-12(2)16-5-3-4-14-9-18(21(26)27-19(14)16)24-20(25)17-7-6-13(10-22)8-15(17)11-23/h3-8,18,26H,1,9-11,22-23H2,2H3,(H,24,25). The Morgan fingerprint density at radius 2 is 2.07 bits per heavy atom. The first-order chi connectivity index (χ1) is 12.9. The molecule has 2 aromatic carbocycles. The molecule has 0 fully saturated rings. The molecule has 0 bridgehead atoms. The summed E-state index contributed by atoms with van der Waals surface area (Å²) in [6, 6.07) is 11.1. The first-order valence-corrected chi connectivity index (χ1v) is 8.90. The Kier molecular flexibility index (Phi) is 5.65. The number of para-hydroxylation sites is 1. The second kappa shape index (κ2) is 7.96. The fourth-order valence-electron chi connectivity index (χ4n) is 3.29. The third-order valence-corrected chi connectivity index (χ3v) is 4.77. The van der Waals surface area contributed by atoms with E-state index in [0.717, 1.165) is 22.3 Å². The predicted molar refractivity (Wildman–Crippen MR) is 107 cm³/mol. The summed E-state index contributed by atoms with van der Waals surface area (Å²) >= 11 is 0. The molecule has 0 aliphatic carbocycles. The fourth-order valence-corrected chi connectivity index (χ4v) is 3.29. The first kappa shape index (κ1) is 19.2. The number of rotatable bonds is 5. The molecule has 2 aromatic rings. The van der Waals surface area contributed by atoms with Gasteiger partial charge in [0.25, 0.3) is 5.91 Å². The lowest BCUT2D eigenvalue weighted by molar-refractivity contribution is 0.0940. The Balaban J connectivity index is 1.82. The van der Waals surface area contributed by atoms with Crippen LogP contribution < -0.4 is 21.4 Å². The van der Waals surface area contributed by atoms with Crippen molar-refractivity contribution in [1.82, 2.24) is 5.32 Å². The summed E-state index contributed by atoms with van der Waals surface area (Å²) < 4.78 is 5.71. The predicted octanol–water partition coefficient (Wildman–Crippen LogP) is 1.39. The van der Waals surface area contributed by atoms with Crippen LogP contribution in [0.25, 0.3) is 5.57 Å². The van der Waals surface area contributed by atoms with Gasteiger partial charge in [-0.15, -0.1) is 0 Å². The number of carbonyl (C=O) groups excluding carboxylic acids is 1. The van der Waals surface area contributed by atoms with Crippen LogP contribution in [0.4, 0.5) is 0 Å². The zero-order valence-corrected chi connectivity index (χ0v) is 15.4. The van der Waals surface area contributed by atoms with Gasteiger partial charge in [0.15, 0.2) is 0 Å². The van der Waals surface area contributed by atoms with Crippen LogP contribution in [0.1, 0.15) is 39.5 Å². The van der Waals surface area contributed by atoms with Crippen LogP contribution in [0, 0.1) is 0 Å². The van der Waals surface area contributed by atoms with Crippen LogP contribution in [0.3, 0.4) is 0 Å². The van der Waals surface area contributed by atoms with Gasteiger partial charge < -0.3 is 26.5 Å². The molecule has 0 saturated carbocycles. The van der Waals surface area contributed by atoms with Gasteiger partial charge in [0.1, 0.15) is 5.75 Å². The van der Waals surface area contributed by atoms with Crippen molar-refractivity contribution in [3.63, 3.8) is 0 Å². The summed E-state index contributed by atoms with van der Waals surface area (Å²) in [5.41, 5.74) is 16.2. The fraction of sp³-hybridized carbons (Fsp3) is 0.250. The molecule has 0 spiro atoms. The molecule has 0 radical (unpaired) electrons. The third-order valence-electron chi connectivity index (χ3n) is 4.77. The van der Waals surface area contributed by atoms with Crippen molar-refractivity contribution in [3.8, 4) is 5.75 Å². The quantitative estimate of drug-likeness (QED) is 0.599. The molecule has 0 aromatic heterocycles. The van der Waals surface area contributed by atoms with E-state index in [-0.39, 0.29) is 12.5 Å². The van der Waals surface area contributed by atoms with E-state index in [1.807, 2.05) is 31.2 Å². The molecule has 1 heterocycles. The highest BCUT2D eigenvalue weighted by atomic mass is 16.5. The Morgan fingerprint density at radius 3 is 2.74 bits per heavy atom. The minimum atomic E-state index is -1.15. The number of nitrogens with two attached hydrogens (primary N) is 2. The average Bonchev–Trinajstić information content (AvgIpc) is 2.67. The number of amides is 1. The topological polar surface area (TPSA) is 111 Å². The Hall–Kier alpha value is -2.61. The van der Waals surface area contributed by atoms with E-state index >= 15 is 0 Å². The Morgan fingerprint density at radius 1 is 1.30 bits per heavy atom. The van der Waals surface area contributed by atoms with Crippen molar-refractivity contribution in [3.05, 3.63) is 70.8 Å². The van der Waals surface area contributed by atoms with Crippen LogP contribution in [0.15, 0.2) is 43.0 Å². The lowest BCUT2D eigenvalue weighted by atomic mass is 9.72.